The average Bonchev–Trinajstić information content (AvgIpc) is 4.05. The Bertz CT molecular complexity index is 2160. The van der Waals surface area contributed by atoms with Crippen LogP contribution in [0.1, 0.15) is 104 Å². The lowest BCUT2D eigenvalue weighted by Gasteiger charge is -2.36. The fourth-order valence-electron chi connectivity index (χ4n) is 9.46. The predicted molar refractivity (Wildman–Crippen MR) is 222 cm³/mol. The molecule has 3 aliphatic heterocycles. The number of carbonyl (C=O) groups is 5. The fourth-order valence-corrected chi connectivity index (χ4v) is 10.9. The van der Waals surface area contributed by atoms with Gasteiger partial charge in [0.15, 0.2) is 11.7 Å². The van der Waals surface area contributed by atoms with Gasteiger partial charge in [0.1, 0.15) is 35.7 Å². The van der Waals surface area contributed by atoms with E-state index in [2.05, 4.69) is 24.5 Å². The monoisotopic (exact) mass is 891 g/mol. The lowest BCUT2D eigenvalue weighted by molar-refractivity contribution is -0.143. The summed E-state index contributed by atoms with van der Waals surface area (Å²) in [7, 11) is -4.27. The van der Waals surface area contributed by atoms with Crippen LogP contribution in [-0.2, 0) is 33.9 Å². The van der Waals surface area contributed by atoms with Gasteiger partial charge in [-0.25, -0.2) is 27.0 Å². The standard InChI is InChI=1S/C43H56ClF2N5O9S/c1-21-17-30-25(22(21)2)11-9-8-10-12-27-33(52)26-14-13-24(44)18-29(26)47-37(27)59-31-20-51(38(54)34(41(4,5)6)48-40(56)60-30)32(23(31)3)36(53)49-43(19-28(43)35(45)46)39(55)50-61(57,58)42(7)15-16-42/h8,10,13-14,18,21-23,25,27-28,30-32,34-35H,9,11-12,15-17,19-20H2,1-7H3,(H,48,56)(H,49,53)(H,50,55)/b10-8+/t21-,22-,23+,25+,27?,28-,30+,31-,32-,34+,43+/m0/s1. The number of benzene rings is 1. The number of carbonyl (C=O) groups excluding carboxylic acids is 5. The molecule has 7 rings (SSSR count). The highest BCUT2D eigenvalue weighted by atomic mass is 35.5. The number of ketones is 1. The van der Waals surface area contributed by atoms with Gasteiger partial charge in [0.2, 0.25) is 28.3 Å². The molecule has 6 aliphatic rings. The van der Waals surface area contributed by atoms with Crippen LogP contribution >= 0.6 is 11.6 Å². The summed E-state index contributed by atoms with van der Waals surface area (Å²) in [5, 5.41) is 5.57. The van der Waals surface area contributed by atoms with Crippen molar-refractivity contribution < 1.29 is 50.6 Å². The molecule has 3 N–H and O–H groups in total. The first-order valence-electron chi connectivity index (χ1n) is 21.2. The number of amides is 4. The van der Waals surface area contributed by atoms with Crippen molar-refractivity contribution in [3.63, 3.8) is 0 Å². The molecule has 0 spiro atoms. The number of sulfonamides is 1. The van der Waals surface area contributed by atoms with Gasteiger partial charge in [0.25, 0.3) is 5.91 Å². The molecule has 1 aromatic carbocycles. The molecule has 3 aliphatic carbocycles. The van der Waals surface area contributed by atoms with Crippen molar-refractivity contribution in [1.82, 2.24) is 20.3 Å². The summed E-state index contributed by atoms with van der Waals surface area (Å²) in [5.41, 5.74) is -2.62. The molecule has 1 saturated heterocycles. The van der Waals surface area contributed by atoms with Crippen molar-refractivity contribution in [2.75, 3.05) is 6.54 Å². The predicted octanol–water partition coefficient (Wildman–Crippen LogP) is 6.09. The Labute approximate surface area is 360 Å². The quantitative estimate of drug-likeness (QED) is 0.284. The van der Waals surface area contributed by atoms with Crippen LogP contribution in [0.5, 0.6) is 0 Å². The Morgan fingerprint density at radius 1 is 1.05 bits per heavy atom. The lowest BCUT2D eigenvalue weighted by atomic mass is 9.85. The Hall–Kier alpha value is -4.12. The molecule has 3 heterocycles. The molecular weight excluding hydrogens is 836 g/mol. The average molecular weight is 892 g/mol. The van der Waals surface area contributed by atoms with Gasteiger partial charge in [0, 0.05) is 16.5 Å². The number of alkyl halides is 2. The first kappa shape index (κ1) is 44.9. The number of alkyl carbamates (subject to hydrolysis) is 1. The molecule has 1 unspecified atom stereocenters. The Balaban J connectivity index is 1.27. The molecule has 1 aromatic rings. The topological polar surface area (TPSA) is 190 Å². The van der Waals surface area contributed by atoms with Crippen LogP contribution in [0.3, 0.4) is 0 Å². The molecule has 4 fully saturated rings. The number of allylic oxidation sites excluding steroid dienone is 2. The van der Waals surface area contributed by atoms with Crippen LogP contribution in [0.2, 0.25) is 5.02 Å². The minimum atomic E-state index is -4.27. The maximum Gasteiger partial charge on any atom is 0.408 e. The largest absolute Gasteiger partial charge is 0.475 e. The smallest absolute Gasteiger partial charge is 0.408 e. The fraction of sp³-hybridized carbons (Fsp3) is 0.674. The van der Waals surface area contributed by atoms with Crippen LogP contribution < -0.4 is 15.4 Å². The van der Waals surface area contributed by atoms with Gasteiger partial charge in [-0.05, 0) is 93.2 Å². The van der Waals surface area contributed by atoms with Crippen molar-refractivity contribution in [3.8, 4) is 0 Å². The van der Waals surface area contributed by atoms with Gasteiger partial charge in [0.05, 0.1) is 22.9 Å². The summed E-state index contributed by atoms with van der Waals surface area (Å²) in [6, 6.07) is 1.98. The second kappa shape index (κ2) is 16.2. The Morgan fingerprint density at radius 2 is 1.75 bits per heavy atom. The summed E-state index contributed by atoms with van der Waals surface area (Å²) >= 11 is 6.31. The van der Waals surface area contributed by atoms with E-state index < -0.39 is 104 Å². The summed E-state index contributed by atoms with van der Waals surface area (Å²) in [5.74, 6) is -6.24. The summed E-state index contributed by atoms with van der Waals surface area (Å²) in [6.45, 7) is 12.2. The molecule has 0 radical (unpaired) electrons. The number of hydrogen-bond donors (Lipinski definition) is 3. The lowest BCUT2D eigenvalue weighted by Crippen LogP contribution is -2.61. The zero-order valence-electron chi connectivity index (χ0n) is 35.5. The van der Waals surface area contributed by atoms with E-state index in [1.54, 1.807) is 39.8 Å². The number of nitrogens with one attached hydrogen (secondary N) is 3. The van der Waals surface area contributed by atoms with Crippen LogP contribution in [0.25, 0.3) is 0 Å². The first-order chi connectivity index (χ1) is 28.5. The van der Waals surface area contributed by atoms with E-state index >= 15 is 0 Å². The third-order valence-electron chi connectivity index (χ3n) is 14.1. The third-order valence-corrected chi connectivity index (χ3v) is 16.5. The van der Waals surface area contributed by atoms with Crippen molar-refractivity contribution in [2.24, 2.45) is 45.9 Å². The van der Waals surface area contributed by atoms with E-state index in [0.717, 1.165) is 0 Å². The molecule has 14 nitrogen and oxygen atoms in total. The molecule has 61 heavy (non-hydrogen) atoms. The van der Waals surface area contributed by atoms with Crippen LogP contribution in [0.4, 0.5) is 19.3 Å². The molecule has 3 saturated carbocycles. The van der Waals surface area contributed by atoms with Crippen molar-refractivity contribution in [3.05, 3.63) is 40.9 Å². The van der Waals surface area contributed by atoms with E-state index in [-0.39, 0.29) is 60.9 Å². The number of rotatable bonds is 6. The van der Waals surface area contributed by atoms with Gasteiger partial charge in [-0.3, -0.25) is 23.9 Å². The van der Waals surface area contributed by atoms with E-state index in [0.29, 0.717) is 29.8 Å². The number of halogens is 3. The molecule has 4 amide bonds. The second-order valence-electron chi connectivity index (χ2n) is 19.4. The minimum Gasteiger partial charge on any atom is -0.475 e. The highest BCUT2D eigenvalue weighted by Crippen LogP contribution is 2.50. The third kappa shape index (κ3) is 8.53. The zero-order chi connectivity index (χ0) is 44.6. The number of hydrogen-bond acceptors (Lipinski definition) is 10. The summed E-state index contributed by atoms with van der Waals surface area (Å²) < 4.78 is 68.2. The van der Waals surface area contributed by atoms with Crippen molar-refractivity contribution in [2.45, 2.75) is 134 Å². The normalized spacial score (nSPS) is 35.5. The minimum absolute atomic E-state index is 0.0147. The number of ether oxygens (including phenoxy) is 2. The molecule has 11 atom stereocenters. The van der Waals surface area contributed by atoms with Gasteiger partial charge in [-0.1, -0.05) is 65.3 Å². The van der Waals surface area contributed by atoms with Gasteiger partial charge in [-0.2, -0.15) is 0 Å². The van der Waals surface area contributed by atoms with Gasteiger partial charge in [-0.15, -0.1) is 0 Å². The molecule has 334 valence electrons. The van der Waals surface area contributed by atoms with Crippen LogP contribution in [0.15, 0.2) is 35.3 Å². The second-order valence-corrected chi connectivity index (χ2v) is 22.0. The number of Topliss-reactive ketones (excluding diaryl/α,β-unsaturated/α-hetero) is 1. The highest BCUT2D eigenvalue weighted by molar-refractivity contribution is 7.91. The van der Waals surface area contributed by atoms with Crippen LogP contribution in [0, 0.1) is 40.9 Å². The Kier molecular flexibility index (Phi) is 11.9. The van der Waals surface area contributed by atoms with E-state index in [4.69, 9.17) is 26.1 Å². The maximum atomic E-state index is 14.9. The van der Waals surface area contributed by atoms with E-state index in [1.165, 1.54) is 17.9 Å². The summed E-state index contributed by atoms with van der Waals surface area (Å²) in [4.78, 5) is 77.1. The van der Waals surface area contributed by atoms with Crippen molar-refractivity contribution in [1.29, 1.82) is 0 Å². The van der Waals surface area contributed by atoms with E-state index in [9.17, 15) is 41.2 Å². The first-order valence-corrected chi connectivity index (χ1v) is 23.0. The zero-order valence-corrected chi connectivity index (χ0v) is 37.1. The Morgan fingerprint density at radius 3 is 2.39 bits per heavy atom. The van der Waals surface area contributed by atoms with Gasteiger partial charge >= 0.3 is 6.09 Å². The highest BCUT2D eigenvalue weighted by Gasteiger charge is 2.68. The molecule has 2 bridgehead atoms. The molecular formula is C43H56ClF2N5O9S. The number of fused-ring (bicyclic) bond motifs is 5. The van der Waals surface area contributed by atoms with Crippen molar-refractivity contribution >= 4 is 62.8 Å². The van der Waals surface area contributed by atoms with Gasteiger partial charge < -0.3 is 25.0 Å². The molecule has 0 aromatic heterocycles. The maximum absolute atomic E-state index is 14.9. The van der Waals surface area contributed by atoms with E-state index in [1.807, 2.05) is 16.9 Å². The molecule has 18 heteroatoms. The summed E-state index contributed by atoms with van der Waals surface area (Å²) in [6.07, 6.45) is 0.713. The number of nitrogens with zero attached hydrogens (tertiary/aromatic N) is 2. The van der Waals surface area contributed by atoms with Crippen LogP contribution in [-0.4, -0.2) is 96.4 Å². The number of aliphatic imine (C=N–C) groups is 1. The SMILES string of the molecule is C[C@@H]1[C@@H]2CN(C(=O)[C@H](C(C)(C)C)NC(=O)O[C@@H]3C[C@H](C)[C@H](C)[C@H]3CC/C=C/CC3C(=O)c4ccc(Cl)cc4N=C3O2)[C@@H]1C(=O)N[C@]1(C(=O)NS(=O)(=O)C2(C)CC2)C[C@H]1C(F)F.